The van der Waals surface area contributed by atoms with E-state index in [0.717, 1.165) is 34.4 Å². The Kier molecular flexibility index (Phi) is 6.32. The van der Waals surface area contributed by atoms with Gasteiger partial charge in [0.25, 0.3) is 0 Å². The maximum Gasteiger partial charge on any atom is 0.243 e. The summed E-state index contributed by atoms with van der Waals surface area (Å²) in [6.45, 7) is 2.67. The third-order valence-electron chi connectivity index (χ3n) is 4.77. The van der Waals surface area contributed by atoms with Gasteiger partial charge in [-0.25, -0.2) is 0 Å². The molecule has 0 spiro atoms. The molecule has 3 rings (SSSR count). The molecule has 0 saturated carbocycles. The molecule has 3 N–H and O–H groups in total. The number of pyridine rings is 2. The van der Waals surface area contributed by atoms with Crippen LogP contribution in [0.2, 0.25) is 0 Å². The number of hydrogen-bond donors (Lipinski definition) is 2. The van der Waals surface area contributed by atoms with E-state index in [1.807, 2.05) is 48.8 Å². The molecule has 5 nitrogen and oxygen atoms in total. The molecule has 27 heavy (non-hydrogen) atoms. The molecule has 3 aromatic heterocycles. The number of carbonyl (C=O) groups excluding carboxylic acids is 1. The van der Waals surface area contributed by atoms with Crippen molar-refractivity contribution in [2.45, 2.75) is 31.7 Å². The minimum atomic E-state index is -0.885. The molecule has 0 radical (unpaired) electrons. The van der Waals surface area contributed by atoms with Gasteiger partial charge in [0.1, 0.15) is 5.54 Å². The number of amides is 1. The van der Waals surface area contributed by atoms with Gasteiger partial charge in [-0.15, -0.1) is 11.3 Å². The molecule has 1 amide bonds. The number of nitrogens with two attached hydrogens (primary N) is 1. The standard InChI is InChI=1S/C21H24N4OS/c1-16-8-14-27-19(16)21(20(22)26,9-4-17-5-11-23-12-6-17)25-13-7-18-3-2-10-24-15-18/h2-3,5-6,8,10-12,14-15,25H,4,7,9,13H2,1H3,(H2,22,26). The summed E-state index contributed by atoms with van der Waals surface area (Å²) in [6.07, 6.45) is 9.27. The predicted octanol–water partition coefficient (Wildman–Crippen LogP) is 2.99. The first-order valence-corrected chi connectivity index (χ1v) is 9.87. The van der Waals surface area contributed by atoms with Gasteiger partial charge in [0.15, 0.2) is 0 Å². The van der Waals surface area contributed by atoms with Crippen LogP contribution in [-0.2, 0) is 23.2 Å². The number of primary amides is 1. The van der Waals surface area contributed by atoms with E-state index in [1.54, 1.807) is 29.9 Å². The van der Waals surface area contributed by atoms with Gasteiger partial charge in [-0.3, -0.25) is 20.1 Å². The summed E-state index contributed by atoms with van der Waals surface area (Å²) < 4.78 is 0. The van der Waals surface area contributed by atoms with E-state index in [0.29, 0.717) is 13.0 Å². The number of carbonyl (C=O) groups is 1. The van der Waals surface area contributed by atoms with Crippen LogP contribution in [0.15, 0.2) is 60.5 Å². The average Bonchev–Trinajstić information content (AvgIpc) is 3.12. The Balaban J connectivity index is 1.82. The number of nitrogens with one attached hydrogen (secondary N) is 1. The van der Waals surface area contributed by atoms with Crippen molar-refractivity contribution in [3.8, 4) is 0 Å². The fourth-order valence-corrected chi connectivity index (χ4v) is 4.40. The van der Waals surface area contributed by atoms with Crippen LogP contribution < -0.4 is 11.1 Å². The highest BCUT2D eigenvalue weighted by atomic mass is 32.1. The Bertz CT molecular complexity index is 866. The van der Waals surface area contributed by atoms with Gasteiger partial charge in [-0.05, 0) is 72.5 Å². The largest absolute Gasteiger partial charge is 0.368 e. The van der Waals surface area contributed by atoms with Gasteiger partial charge in [0, 0.05) is 36.2 Å². The highest BCUT2D eigenvalue weighted by Gasteiger charge is 2.39. The molecule has 1 unspecified atom stereocenters. The van der Waals surface area contributed by atoms with Gasteiger partial charge in [0.2, 0.25) is 5.91 Å². The van der Waals surface area contributed by atoms with Gasteiger partial charge in [-0.1, -0.05) is 6.07 Å². The zero-order valence-electron chi connectivity index (χ0n) is 15.4. The van der Waals surface area contributed by atoms with Crippen LogP contribution in [0.4, 0.5) is 0 Å². The number of hydrogen-bond acceptors (Lipinski definition) is 5. The van der Waals surface area contributed by atoms with Gasteiger partial charge >= 0.3 is 0 Å². The summed E-state index contributed by atoms with van der Waals surface area (Å²) in [5.41, 5.74) is 8.42. The maximum atomic E-state index is 12.7. The third kappa shape index (κ3) is 4.59. The van der Waals surface area contributed by atoms with Gasteiger partial charge < -0.3 is 5.73 Å². The summed E-state index contributed by atoms with van der Waals surface area (Å²) >= 11 is 1.58. The molecule has 0 bridgehead atoms. The monoisotopic (exact) mass is 380 g/mol. The molecular formula is C21H24N4OS. The minimum absolute atomic E-state index is 0.340. The third-order valence-corrected chi connectivity index (χ3v) is 5.95. The molecule has 1 atom stereocenters. The number of thiophene rings is 1. The summed E-state index contributed by atoms with van der Waals surface area (Å²) in [6, 6.07) is 9.94. The second-order valence-electron chi connectivity index (χ2n) is 6.60. The lowest BCUT2D eigenvalue weighted by molar-refractivity contribution is -0.125. The predicted molar refractivity (Wildman–Crippen MR) is 108 cm³/mol. The van der Waals surface area contributed by atoms with E-state index >= 15 is 0 Å². The summed E-state index contributed by atoms with van der Waals surface area (Å²) in [4.78, 5) is 21.9. The number of rotatable bonds is 9. The van der Waals surface area contributed by atoms with Crippen LogP contribution in [0, 0.1) is 6.92 Å². The normalized spacial score (nSPS) is 13.2. The summed E-state index contributed by atoms with van der Waals surface area (Å²) in [7, 11) is 0. The van der Waals surface area contributed by atoms with E-state index in [2.05, 4.69) is 15.3 Å². The van der Waals surface area contributed by atoms with Crippen LogP contribution >= 0.6 is 11.3 Å². The topological polar surface area (TPSA) is 80.9 Å². The van der Waals surface area contributed by atoms with Crippen LogP contribution in [0.25, 0.3) is 0 Å². The molecule has 0 aliphatic rings. The number of nitrogens with zero attached hydrogens (tertiary/aromatic N) is 2. The summed E-state index contributed by atoms with van der Waals surface area (Å²) in [5, 5.41) is 5.50. The number of aromatic nitrogens is 2. The molecule has 0 aliphatic heterocycles. The van der Waals surface area contributed by atoms with Crippen LogP contribution in [0.5, 0.6) is 0 Å². The van der Waals surface area contributed by atoms with Crippen molar-refractivity contribution < 1.29 is 4.79 Å². The smallest absolute Gasteiger partial charge is 0.243 e. The van der Waals surface area contributed by atoms with E-state index < -0.39 is 5.54 Å². The molecule has 3 heterocycles. The highest BCUT2D eigenvalue weighted by molar-refractivity contribution is 7.10. The number of aryl methyl sites for hydroxylation is 2. The van der Waals surface area contributed by atoms with Crippen molar-refractivity contribution in [1.82, 2.24) is 15.3 Å². The highest BCUT2D eigenvalue weighted by Crippen LogP contribution is 2.33. The van der Waals surface area contributed by atoms with E-state index in [9.17, 15) is 4.79 Å². The second kappa shape index (κ2) is 8.88. The fourth-order valence-electron chi connectivity index (χ4n) is 3.26. The van der Waals surface area contributed by atoms with Crippen LogP contribution in [0.1, 0.15) is 28.0 Å². The minimum Gasteiger partial charge on any atom is -0.368 e. The molecule has 0 aromatic carbocycles. The fraction of sp³-hybridized carbons (Fsp3) is 0.286. The molecule has 0 aliphatic carbocycles. The molecule has 0 fully saturated rings. The van der Waals surface area contributed by atoms with E-state index in [4.69, 9.17) is 5.73 Å². The summed E-state index contributed by atoms with van der Waals surface area (Å²) in [5.74, 6) is -0.340. The lowest BCUT2D eigenvalue weighted by atomic mass is 9.87. The Hall–Kier alpha value is -2.57. The van der Waals surface area contributed by atoms with Crippen molar-refractivity contribution in [2.75, 3.05) is 6.54 Å². The first kappa shape index (κ1) is 19.2. The van der Waals surface area contributed by atoms with Crippen molar-refractivity contribution in [3.05, 3.63) is 82.1 Å². The van der Waals surface area contributed by atoms with Crippen molar-refractivity contribution in [2.24, 2.45) is 5.73 Å². The van der Waals surface area contributed by atoms with Gasteiger partial charge in [0.05, 0.1) is 0 Å². The Morgan fingerprint density at radius 3 is 2.56 bits per heavy atom. The first-order valence-electron chi connectivity index (χ1n) is 8.99. The Morgan fingerprint density at radius 2 is 1.93 bits per heavy atom. The van der Waals surface area contributed by atoms with Crippen molar-refractivity contribution in [1.29, 1.82) is 0 Å². The van der Waals surface area contributed by atoms with Crippen LogP contribution in [-0.4, -0.2) is 22.4 Å². The molecule has 3 aromatic rings. The lowest BCUT2D eigenvalue weighted by Gasteiger charge is -2.32. The Labute approximate surface area is 163 Å². The molecular weight excluding hydrogens is 356 g/mol. The lowest BCUT2D eigenvalue weighted by Crippen LogP contribution is -2.53. The Morgan fingerprint density at radius 1 is 1.11 bits per heavy atom. The zero-order chi connectivity index (χ0) is 19.1. The molecule has 6 heteroatoms. The molecule has 140 valence electrons. The van der Waals surface area contributed by atoms with E-state index in [1.165, 1.54) is 0 Å². The zero-order valence-corrected chi connectivity index (χ0v) is 16.2. The quantitative estimate of drug-likeness (QED) is 0.598. The average molecular weight is 381 g/mol. The molecule has 0 saturated heterocycles. The van der Waals surface area contributed by atoms with Gasteiger partial charge in [-0.2, -0.15) is 0 Å². The first-order chi connectivity index (χ1) is 13.1. The maximum absolute atomic E-state index is 12.7. The van der Waals surface area contributed by atoms with E-state index in [-0.39, 0.29) is 5.91 Å². The SMILES string of the molecule is Cc1ccsc1C(CCc1ccncc1)(NCCc1cccnc1)C(N)=O. The van der Waals surface area contributed by atoms with Crippen molar-refractivity contribution in [3.63, 3.8) is 0 Å². The second-order valence-corrected chi connectivity index (χ2v) is 7.51. The van der Waals surface area contributed by atoms with Crippen LogP contribution in [0.3, 0.4) is 0 Å². The van der Waals surface area contributed by atoms with Crippen molar-refractivity contribution >= 4 is 17.2 Å².